The summed E-state index contributed by atoms with van der Waals surface area (Å²) >= 11 is 0. The van der Waals surface area contributed by atoms with Gasteiger partial charge in [-0.3, -0.25) is 0 Å². The van der Waals surface area contributed by atoms with Crippen LogP contribution < -0.4 is 4.90 Å². The zero-order valence-corrected chi connectivity index (χ0v) is 10.5. The van der Waals surface area contributed by atoms with Crippen molar-refractivity contribution in [3.63, 3.8) is 0 Å². The van der Waals surface area contributed by atoms with Gasteiger partial charge in [-0.1, -0.05) is 0 Å². The van der Waals surface area contributed by atoms with Crippen LogP contribution in [-0.2, 0) is 6.18 Å². The van der Waals surface area contributed by atoms with Gasteiger partial charge in [-0.05, 0) is 6.42 Å². The van der Waals surface area contributed by atoms with E-state index in [0.717, 1.165) is 12.4 Å². The third-order valence-electron chi connectivity index (χ3n) is 3.01. The molecule has 2 rings (SSSR count). The number of hydrogen-bond acceptors (Lipinski definition) is 4. The molecule has 1 aromatic rings. The normalized spacial score (nSPS) is 16.9. The molecule has 110 valence electrons. The van der Waals surface area contributed by atoms with Crippen molar-refractivity contribution >= 4 is 12.0 Å². The van der Waals surface area contributed by atoms with Gasteiger partial charge >= 0.3 is 12.3 Å². The minimum Gasteiger partial charge on any atom is -0.465 e. The molecule has 0 unspecified atom stereocenters. The molecule has 1 fully saturated rings. The van der Waals surface area contributed by atoms with Gasteiger partial charge in [-0.15, -0.1) is 0 Å². The fourth-order valence-electron chi connectivity index (χ4n) is 1.94. The van der Waals surface area contributed by atoms with Crippen LogP contribution in [0.5, 0.6) is 0 Å². The van der Waals surface area contributed by atoms with E-state index in [0.29, 0.717) is 26.1 Å². The van der Waals surface area contributed by atoms with Gasteiger partial charge in [-0.25, -0.2) is 14.8 Å². The first kappa shape index (κ1) is 14.4. The van der Waals surface area contributed by atoms with Crippen LogP contribution in [0.25, 0.3) is 0 Å². The summed E-state index contributed by atoms with van der Waals surface area (Å²) in [6, 6.07) is 0. The maximum atomic E-state index is 12.4. The first-order valence-electron chi connectivity index (χ1n) is 6.00. The van der Waals surface area contributed by atoms with E-state index in [1.807, 2.05) is 0 Å². The molecule has 1 N–H and O–H groups in total. The van der Waals surface area contributed by atoms with E-state index in [1.54, 1.807) is 4.90 Å². The second-order valence-electron chi connectivity index (χ2n) is 4.38. The van der Waals surface area contributed by atoms with Gasteiger partial charge in [0.15, 0.2) is 0 Å². The summed E-state index contributed by atoms with van der Waals surface area (Å²) < 4.78 is 37.2. The smallest absolute Gasteiger partial charge is 0.419 e. The van der Waals surface area contributed by atoms with Crippen molar-refractivity contribution in [3.05, 3.63) is 18.0 Å². The van der Waals surface area contributed by atoms with E-state index < -0.39 is 17.8 Å². The Labute approximate surface area is 112 Å². The Hall–Kier alpha value is -2.06. The van der Waals surface area contributed by atoms with Crippen LogP contribution >= 0.6 is 0 Å². The fourth-order valence-corrected chi connectivity index (χ4v) is 1.94. The molecule has 0 aliphatic carbocycles. The van der Waals surface area contributed by atoms with E-state index in [2.05, 4.69) is 9.97 Å². The van der Waals surface area contributed by atoms with Crippen LogP contribution in [0.1, 0.15) is 12.0 Å². The summed E-state index contributed by atoms with van der Waals surface area (Å²) in [6.45, 7) is 1.54. The molecule has 0 aromatic carbocycles. The minimum absolute atomic E-state index is 0.185. The van der Waals surface area contributed by atoms with E-state index in [9.17, 15) is 18.0 Å². The number of carboxylic acid groups (broad SMARTS) is 1. The van der Waals surface area contributed by atoms with Crippen molar-refractivity contribution in [2.45, 2.75) is 12.6 Å². The highest BCUT2D eigenvalue weighted by Gasteiger charge is 2.31. The molecule has 0 radical (unpaired) electrons. The number of amides is 1. The molecule has 0 saturated carbocycles. The van der Waals surface area contributed by atoms with Gasteiger partial charge in [0.05, 0.1) is 5.56 Å². The summed E-state index contributed by atoms with van der Waals surface area (Å²) in [5, 5.41) is 8.90. The van der Waals surface area contributed by atoms with Crippen LogP contribution in [0.4, 0.5) is 23.9 Å². The lowest BCUT2D eigenvalue weighted by Gasteiger charge is -2.20. The predicted molar refractivity (Wildman–Crippen MR) is 63.5 cm³/mol. The van der Waals surface area contributed by atoms with E-state index in [4.69, 9.17) is 5.11 Å². The highest BCUT2D eigenvalue weighted by atomic mass is 19.4. The summed E-state index contributed by atoms with van der Waals surface area (Å²) in [7, 11) is 0. The molecule has 1 amide bonds. The number of anilines is 1. The maximum absolute atomic E-state index is 12.4. The summed E-state index contributed by atoms with van der Waals surface area (Å²) in [5.74, 6) is 0.185. The zero-order valence-electron chi connectivity index (χ0n) is 10.5. The third kappa shape index (κ3) is 3.28. The van der Waals surface area contributed by atoms with Gasteiger partial charge < -0.3 is 14.9 Å². The SMILES string of the molecule is O=C(O)N1CCCN(c2ncc(C(F)(F)F)cn2)CC1. The molecule has 6 nitrogen and oxygen atoms in total. The molecule has 1 aromatic heterocycles. The minimum atomic E-state index is -4.46. The number of carbonyl (C=O) groups is 1. The Morgan fingerprint density at radius 1 is 1.15 bits per heavy atom. The number of alkyl halides is 3. The lowest BCUT2D eigenvalue weighted by molar-refractivity contribution is -0.138. The lowest BCUT2D eigenvalue weighted by atomic mass is 10.3. The van der Waals surface area contributed by atoms with Gasteiger partial charge in [0, 0.05) is 38.6 Å². The van der Waals surface area contributed by atoms with E-state index >= 15 is 0 Å². The summed E-state index contributed by atoms with van der Waals surface area (Å²) in [4.78, 5) is 21.2. The molecular weight excluding hydrogens is 277 g/mol. The highest BCUT2D eigenvalue weighted by molar-refractivity contribution is 5.65. The fraction of sp³-hybridized carbons (Fsp3) is 0.545. The first-order chi connectivity index (χ1) is 9.38. The highest BCUT2D eigenvalue weighted by Crippen LogP contribution is 2.28. The molecule has 20 heavy (non-hydrogen) atoms. The molecule has 2 heterocycles. The van der Waals surface area contributed by atoms with Crippen LogP contribution in [0.2, 0.25) is 0 Å². The van der Waals surface area contributed by atoms with Crippen molar-refractivity contribution in [2.75, 3.05) is 31.1 Å². The van der Waals surface area contributed by atoms with E-state index in [1.165, 1.54) is 4.90 Å². The Morgan fingerprint density at radius 2 is 1.80 bits per heavy atom. The summed E-state index contributed by atoms with van der Waals surface area (Å²) in [5.41, 5.74) is -0.900. The van der Waals surface area contributed by atoms with E-state index in [-0.39, 0.29) is 12.5 Å². The van der Waals surface area contributed by atoms with Crippen molar-refractivity contribution in [3.8, 4) is 0 Å². The largest absolute Gasteiger partial charge is 0.465 e. The van der Waals surface area contributed by atoms with Crippen LogP contribution in [-0.4, -0.2) is 52.2 Å². The molecule has 0 bridgehead atoms. The zero-order chi connectivity index (χ0) is 14.8. The second-order valence-corrected chi connectivity index (χ2v) is 4.38. The predicted octanol–water partition coefficient (Wildman–Crippen LogP) is 1.69. The average Bonchev–Trinajstić information content (AvgIpc) is 2.63. The van der Waals surface area contributed by atoms with Gasteiger partial charge in [0.1, 0.15) is 0 Å². The number of nitrogens with zero attached hydrogens (tertiary/aromatic N) is 4. The molecule has 0 spiro atoms. The van der Waals surface area contributed by atoms with Crippen molar-refractivity contribution < 1.29 is 23.1 Å². The molecule has 1 aliphatic heterocycles. The number of hydrogen-bond donors (Lipinski definition) is 1. The van der Waals surface area contributed by atoms with Crippen LogP contribution in [0.3, 0.4) is 0 Å². The van der Waals surface area contributed by atoms with Gasteiger partial charge in [0.25, 0.3) is 0 Å². The Balaban J connectivity index is 2.06. The summed E-state index contributed by atoms with van der Waals surface area (Å²) in [6.07, 6.45) is -3.40. The quantitative estimate of drug-likeness (QED) is 0.852. The van der Waals surface area contributed by atoms with Gasteiger partial charge in [0.2, 0.25) is 5.95 Å². The van der Waals surface area contributed by atoms with Crippen LogP contribution in [0.15, 0.2) is 12.4 Å². The van der Waals surface area contributed by atoms with Crippen molar-refractivity contribution in [2.24, 2.45) is 0 Å². The molecule has 9 heteroatoms. The lowest BCUT2D eigenvalue weighted by Crippen LogP contribution is -2.34. The Kier molecular flexibility index (Phi) is 3.96. The Bertz CT molecular complexity index is 478. The molecular formula is C11H13F3N4O2. The van der Waals surface area contributed by atoms with Crippen molar-refractivity contribution in [1.29, 1.82) is 0 Å². The average molecular weight is 290 g/mol. The van der Waals surface area contributed by atoms with Crippen molar-refractivity contribution in [1.82, 2.24) is 14.9 Å². The standard InChI is InChI=1S/C11H13F3N4O2/c12-11(13,14)8-6-15-9(16-7-8)17-2-1-3-18(5-4-17)10(19)20/h6-7H,1-5H2,(H,19,20). The number of aromatic nitrogens is 2. The second kappa shape index (κ2) is 5.51. The van der Waals surface area contributed by atoms with Crippen LogP contribution in [0, 0.1) is 0 Å². The van der Waals surface area contributed by atoms with Gasteiger partial charge in [-0.2, -0.15) is 13.2 Å². The molecule has 1 saturated heterocycles. The third-order valence-corrected chi connectivity index (χ3v) is 3.01. The number of rotatable bonds is 1. The molecule has 1 aliphatic rings. The monoisotopic (exact) mass is 290 g/mol. The Morgan fingerprint density at radius 3 is 2.35 bits per heavy atom. The maximum Gasteiger partial charge on any atom is 0.419 e. The first-order valence-corrected chi connectivity index (χ1v) is 6.00. The molecule has 0 atom stereocenters. The number of halogens is 3. The topological polar surface area (TPSA) is 69.6 Å².